The Labute approximate surface area is 180 Å². The average molecular weight is 417 g/mol. The zero-order valence-electron chi connectivity index (χ0n) is 17.4. The summed E-state index contributed by atoms with van der Waals surface area (Å²) in [6, 6.07) is 20.5. The number of aryl methyl sites for hydroxylation is 1. The highest BCUT2D eigenvalue weighted by Gasteiger charge is 2.24. The number of hydrogen-bond acceptors (Lipinski definition) is 4. The van der Waals surface area contributed by atoms with Crippen LogP contribution < -0.4 is 10.2 Å². The summed E-state index contributed by atoms with van der Waals surface area (Å²) in [4.78, 5) is 2.47. The Kier molecular flexibility index (Phi) is 4.98. The second-order valence-corrected chi connectivity index (χ2v) is 8.10. The molecule has 1 saturated heterocycles. The molecule has 1 atom stereocenters. The van der Waals surface area contributed by atoms with Gasteiger partial charge in [-0.05, 0) is 67.8 Å². The zero-order valence-corrected chi connectivity index (χ0v) is 17.4. The van der Waals surface area contributed by atoms with E-state index in [2.05, 4.69) is 39.6 Å². The van der Waals surface area contributed by atoms with Gasteiger partial charge in [0.15, 0.2) is 11.6 Å². The summed E-state index contributed by atoms with van der Waals surface area (Å²) in [6.45, 7) is 3.62. The first kappa shape index (κ1) is 19.4. The second-order valence-electron chi connectivity index (χ2n) is 8.10. The molecule has 5 nitrogen and oxygen atoms in total. The summed E-state index contributed by atoms with van der Waals surface area (Å²) in [5.74, 6) is -0.969. The predicted octanol–water partition coefficient (Wildman–Crippen LogP) is 5.26. The molecule has 158 valence electrons. The van der Waals surface area contributed by atoms with Crippen LogP contribution in [-0.2, 0) is 0 Å². The molecule has 1 aliphatic heterocycles. The number of para-hydroxylation sites is 1. The largest absolute Gasteiger partial charge is 0.505 e. The Hall–Kier alpha value is -3.54. The smallest absolute Gasteiger partial charge is 0.191 e. The third-order valence-electron chi connectivity index (χ3n) is 6.08. The fraction of sp³-hybridized carbons (Fsp3) is 0.240. The summed E-state index contributed by atoms with van der Waals surface area (Å²) in [5.41, 5.74) is 3.82. The highest BCUT2D eigenvalue weighted by Crippen LogP contribution is 2.31. The van der Waals surface area contributed by atoms with Crippen LogP contribution in [0.5, 0.6) is 5.75 Å². The average Bonchev–Trinajstić information content (AvgIpc) is 3.44. The maximum absolute atomic E-state index is 14.7. The van der Waals surface area contributed by atoms with Crippen molar-refractivity contribution >= 4 is 22.3 Å². The molecule has 2 heterocycles. The van der Waals surface area contributed by atoms with Crippen LogP contribution in [0.15, 0.2) is 66.9 Å². The second kappa shape index (κ2) is 7.95. The lowest BCUT2D eigenvalue weighted by molar-refractivity contribution is 0.431. The molecular formula is C25H25FN4O. The van der Waals surface area contributed by atoms with Crippen LogP contribution in [0.25, 0.3) is 16.6 Å². The molecule has 31 heavy (non-hydrogen) atoms. The van der Waals surface area contributed by atoms with E-state index in [0.29, 0.717) is 17.0 Å². The van der Waals surface area contributed by atoms with Crippen molar-refractivity contribution in [3.05, 3.63) is 78.2 Å². The van der Waals surface area contributed by atoms with Crippen molar-refractivity contribution in [2.45, 2.75) is 25.8 Å². The van der Waals surface area contributed by atoms with Crippen molar-refractivity contribution in [2.24, 2.45) is 0 Å². The SMILES string of the molecule is Cc1cc2cnn(-c3ccc(NCC4CCCN4c4ccccc4)cc3)c2c(F)c1O. The number of nitrogens with zero attached hydrogens (tertiary/aromatic N) is 3. The number of phenols is 1. The Bertz CT molecular complexity index is 1200. The Morgan fingerprint density at radius 2 is 1.87 bits per heavy atom. The van der Waals surface area contributed by atoms with E-state index in [0.717, 1.165) is 24.5 Å². The lowest BCUT2D eigenvalue weighted by Gasteiger charge is -2.27. The van der Waals surface area contributed by atoms with Crippen LogP contribution in [0.3, 0.4) is 0 Å². The number of aromatic nitrogens is 2. The maximum atomic E-state index is 14.7. The van der Waals surface area contributed by atoms with Crippen molar-refractivity contribution < 1.29 is 9.50 Å². The number of hydrogen-bond donors (Lipinski definition) is 2. The molecule has 2 N–H and O–H groups in total. The van der Waals surface area contributed by atoms with E-state index in [4.69, 9.17) is 0 Å². The minimum atomic E-state index is -0.642. The van der Waals surface area contributed by atoms with Gasteiger partial charge in [0.05, 0.1) is 11.9 Å². The number of phenolic OH excluding ortho intramolecular Hbond substituents is 1. The van der Waals surface area contributed by atoms with Gasteiger partial charge in [0, 0.05) is 35.9 Å². The van der Waals surface area contributed by atoms with E-state index in [1.54, 1.807) is 19.2 Å². The lowest BCUT2D eigenvalue weighted by Crippen LogP contribution is -2.34. The Morgan fingerprint density at radius 1 is 1.10 bits per heavy atom. The first-order valence-electron chi connectivity index (χ1n) is 10.6. The van der Waals surface area contributed by atoms with Crippen LogP contribution >= 0.6 is 0 Å². The van der Waals surface area contributed by atoms with E-state index < -0.39 is 5.82 Å². The van der Waals surface area contributed by atoms with Gasteiger partial charge in [-0.15, -0.1) is 0 Å². The molecule has 6 heteroatoms. The van der Waals surface area contributed by atoms with Gasteiger partial charge in [0.25, 0.3) is 0 Å². The molecule has 0 amide bonds. The summed E-state index contributed by atoms with van der Waals surface area (Å²) < 4.78 is 16.2. The van der Waals surface area contributed by atoms with Gasteiger partial charge in [-0.25, -0.2) is 9.07 Å². The van der Waals surface area contributed by atoms with Crippen LogP contribution in [-0.4, -0.2) is 34.0 Å². The number of fused-ring (bicyclic) bond motifs is 1. The maximum Gasteiger partial charge on any atom is 0.191 e. The molecule has 5 rings (SSSR count). The third-order valence-corrected chi connectivity index (χ3v) is 6.08. The van der Waals surface area contributed by atoms with Crippen molar-refractivity contribution in [1.29, 1.82) is 0 Å². The van der Waals surface area contributed by atoms with Gasteiger partial charge in [-0.1, -0.05) is 18.2 Å². The number of nitrogens with one attached hydrogen (secondary N) is 1. The number of anilines is 2. The topological polar surface area (TPSA) is 53.3 Å². The number of halogens is 1. The monoisotopic (exact) mass is 416 g/mol. The van der Waals surface area contributed by atoms with Crippen molar-refractivity contribution in [2.75, 3.05) is 23.3 Å². The quantitative estimate of drug-likeness (QED) is 0.466. The first-order chi connectivity index (χ1) is 15.1. The lowest BCUT2D eigenvalue weighted by atomic mass is 10.1. The summed E-state index contributed by atoms with van der Waals surface area (Å²) in [7, 11) is 0. The molecule has 1 aliphatic rings. The van der Waals surface area contributed by atoms with Gasteiger partial charge in [0.1, 0.15) is 5.52 Å². The molecule has 0 aliphatic carbocycles. The number of benzene rings is 3. The zero-order chi connectivity index (χ0) is 21.4. The fourth-order valence-corrected chi connectivity index (χ4v) is 4.43. The van der Waals surface area contributed by atoms with E-state index in [9.17, 15) is 9.50 Å². The van der Waals surface area contributed by atoms with E-state index in [1.807, 2.05) is 30.3 Å². The Balaban J connectivity index is 1.32. The van der Waals surface area contributed by atoms with Crippen molar-refractivity contribution in [1.82, 2.24) is 9.78 Å². The standard InChI is InChI=1S/C25H25FN4O/c1-17-14-18-15-28-30(24(18)23(26)25(17)31)21-11-9-19(10-12-21)27-16-22-8-5-13-29(22)20-6-3-2-4-7-20/h2-4,6-7,9-12,14-15,22,27,31H,5,8,13,16H2,1H3. The molecule has 4 aromatic rings. The van der Waals surface area contributed by atoms with E-state index in [-0.39, 0.29) is 11.3 Å². The van der Waals surface area contributed by atoms with Gasteiger partial charge < -0.3 is 15.3 Å². The van der Waals surface area contributed by atoms with E-state index in [1.165, 1.54) is 23.2 Å². The van der Waals surface area contributed by atoms with Gasteiger partial charge in [0.2, 0.25) is 0 Å². The molecule has 3 aromatic carbocycles. The van der Waals surface area contributed by atoms with Crippen molar-refractivity contribution in [3.63, 3.8) is 0 Å². The normalized spacial score (nSPS) is 16.2. The summed E-state index contributed by atoms with van der Waals surface area (Å²) >= 11 is 0. The number of aromatic hydroxyl groups is 1. The summed E-state index contributed by atoms with van der Waals surface area (Å²) in [5, 5.41) is 18.5. The van der Waals surface area contributed by atoms with Gasteiger partial charge in [-0.2, -0.15) is 5.10 Å². The molecule has 0 radical (unpaired) electrons. The van der Waals surface area contributed by atoms with Crippen LogP contribution in [0, 0.1) is 12.7 Å². The molecule has 1 fully saturated rings. The molecule has 0 saturated carbocycles. The molecule has 1 unspecified atom stereocenters. The molecular weight excluding hydrogens is 391 g/mol. The minimum absolute atomic E-state index is 0.285. The predicted molar refractivity (Wildman–Crippen MR) is 123 cm³/mol. The molecule has 0 spiro atoms. The van der Waals surface area contributed by atoms with Crippen molar-refractivity contribution in [3.8, 4) is 11.4 Å². The molecule has 1 aromatic heterocycles. The van der Waals surface area contributed by atoms with Crippen LogP contribution in [0.2, 0.25) is 0 Å². The minimum Gasteiger partial charge on any atom is -0.505 e. The first-order valence-corrected chi connectivity index (χ1v) is 10.6. The highest BCUT2D eigenvalue weighted by atomic mass is 19.1. The van der Waals surface area contributed by atoms with Gasteiger partial charge in [-0.3, -0.25) is 0 Å². The van der Waals surface area contributed by atoms with Crippen LogP contribution in [0.1, 0.15) is 18.4 Å². The third kappa shape index (κ3) is 3.58. The Morgan fingerprint density at radius 3 is 2.65 bits per heavy atom. The highest BCUT2D eigenvalue weighted by molar-refractivity contribution is 5.83. The molecule has 0 bridgehead atoms. The fourth-order valence-electron chi connectivity index (χ4n) is 4.43. The van der Waals surface area contributed by atoms with Crippen LogP contribution in [0.4, 0.5) is 15.8 Å². The van der Waals surface area contributed by atoms with E-state index >= 15 is 0 Å². The number of rotatable bonds is 5. The summed E-state index contributed by atoms with van der Waals surface area (Å²) in [6.07, 6.45) is 3.99. The van der Waals surface area contributed by atoms with Gasteiger partial charge >= 0.3 is 0 Å².